The molecule has 3 aliphatic heterocycles. The highest BCUT2D eigenvalue weighted by molar-refractivity contribution is 6.30. The van der Waals surface area contributed by atoms with E-state index < -0.39 is 22.5 Å². The number of carbonyl (C=O) groups is 1. The second-order valence-electron chi connectivity index (χ2n) is 10.3. The van der Waals surface area contributed by atoms with Gasteiger partial charge in [0.1, 0.15) is 21.9 Å². The summed E-state index contributed by atoms with van der Waals surface area (Å²) in [4.78, 5) is 24.4. The molecule has 8 nitrogen and oxygen atoms in total. The maximum atomic E-state index is 13.0. The third-order valence-electron chi connectivity index (χ3n) is 6.97. The smallest absolute Gasteiger partial charge is 0.420 e. The van der Waals surface area contributed by atoms with E-state index in [0.717, 1.165) is 11.3 Å². The largest absolute Gasteiger partial charge is 0.444 e. The van der Waals surface area contributed by atoms with Crippen molar-refractivity contribution in [2.24, 2.45) is 0 Å². The zero-order valence-electron chi connectivity index (χ0n) is 20.3. The fourth-order valence-electron chi connectivity index (χ4n) is 5.31. The number of ether oxygens (including phenoxy) is 2. The van der Waals surface area contributed by atoms with E-state index >= 15 is 0 Å². The van der Waals surface area contributed by atoms with Crippen LogP contribution < -0.4 is 10.2 Å². The predicted molar refractivity (Wildman–Crippen MR) is 128 cm³/mol. The molecule has 1 N–H and O–H groups in total. The van der Waals surface area contributed by atoms with E-state index in [-0.39, 0.29) is 29.7 Å². The minimum Gasteiger partial charge on any atom is -0.444 e. The van der Waals surface area contributed by atoms with Crippen molar-refractivity contribution in [2.75, 3.05) is 30.0 Å². The Morgan fingerprint density at radius 1 is 1.31 bits per heavy atom. The molecule has 194 valence electrons. The van der Waals surface area contributed by atoms with E-state index in [9.17, 15) is 18.0 Å². The Hall–Kier alpha value is -2.79. The number of hydrogen-bond donors (Lipinski definition) is 1. The van der Waals surface area contributed by atoms with Gasteiger partial charge in [0.15, 0.2) is 0 Å². The summed E-state index contributed by atoms with van der Waals surface area (Å²) in [6.45, 7) is 9.18. The first-order chi connectivity index (χ1) is 16.8. The average Bonchev–Trinajstić information content (AvgIpc) is 3.18. The number of nitrogens with zero attached hydrogens (tertiary/aromatic N) is 4. The normalized spacial score (nSPS) is 25.0. The quantitative estimate of drug-likeness (QED) is 0.561. The van der Waals surface area contributed by atoms with Crippen LogP contribution in [0.25, 0.3) is 0 Å². The molecule has 1 aromatic carbocycles. The lowest BCUT2D eigenvalue weighted by atomic mass is 9.65. The summed E-state index contributed by atoms with van der Waals surface area (Å²) in [6, 6.07) is 5.75. The molecule has 0 aliphatic carbocycles. The van der Waals surface area contributed by atoms with Crippen LogP contribution in [0.2, 0.25) is 5.15 Å². The van der Waals surface area contributed by atoms with Crippen molar-refractivity contribution >= 4 is 35.0 Å². The molecule has 36 heavy (non-hydrogen) atoms. The number of aromatic nitrogens is 2. The number of piperazine rings is 1. The first-order valence-corrected chi connectivity index (χ1v) is 12.1. The molecule has 3 saturated heterocycles. The number of halogens is 4. The molecule has 0 bridgehead atoms. The Bertz CT molecular complexity index is 1200. The standard InChI is InChI=1S/C24H27ClF3N5O3/c1-5-13-8-14(6-7-16(13)30-20-29-9-15(19(25)31-20)24(26,27)28)32-10-17-23(32)12-35-11-18(23)33(17)21(34)36-22(2,3)4/h6-9,17-18H,5,10-12H2,1-4H3,(H,29,30,31). The van der Waals surface area contributed by atoms with Crippen LogP contribution in [0, 0.1) is 0 Å². The Labute approximate surface area is 211 Å². The zero-order valence-corrected chi connectivity index (χ0v) is 21.1. The van der Waals surface area contributed by atoms with Crippen molar-refractivity contribution in [3.05, 3.63) is 40.7 Å². The van der Waals surface area contributed by atoms with Gasteiger partial charge < -0.3 is 19.7 Å². The summed E-state index contributed by atoms with van der Waals surface area (Å²) in [5, 5.41) is 2.32. The number of benzene rings is 1. The van der Waals surface area contributed by atoms with Crippen LogP contribution in [-0.2, 0) is 22.1 Å². The molecular weight excluding hydrogens is 499 g/mol. The van der Waals surface area contributed by atoms with Gasteiger partial charge in [-0.25, -0.2) is 14.8 Å². The predicted octanol–water partition coefficient (Wildman–Crippen LogP) is 5.03. The minimum atomic E-state index is -4.62. The number of aryl methyl sites for hydroxylation is 1. The summed E-state index contributed by atoms with van der Waals surface area (Å²) in [5.41, 5.74) is 0.667. The molecule has 1 amide bonds. The van der Waals surface area contributed by atoms with Gasteiger partial charge >= 0.3 is 12.3 Å². The lowest BCUT2D eigenvalue weighted by Crippen LogP contribution is -2.93. The Morgan fingerprint density at radius 3 is 2.69 bits per heavy atom. The Kier molecular flexibility index (Phi) is 5.79. The number of amides is 1. The van der Waals surface area contributed by atoms with E-state index in [1.165, 1.54) is 0 Å². The van der Waals surface area contributed by atoms with Crippen molar-refractivity contribution in [2.45, 2.75) is 63.5 Å². The maximum absolute atomic E-state index is 13.0. The van der Waals surface area contributed by atoms with Crippen molar-refractivity contribution < 1.29 is 27.4 Å². The monoisotopic (exact) mass is 525 g/mol. The molecule has 1 aromatic heterocycles. The second kappa shape index (κ2) is 8.37. The van der Waals surface area contributed by atoms with Gasteiger partial charge in [0.25, 0.3) is 0 Å². The molecular formula is C24H27ClF3N5O3. The van der Waals surface area contributed by atoms with Crippen LogP contribution in [-0.4, -0.2) is 63.9 Å². The molecule has 2 aromatic rings. The zero-order chi connectivity index (χ0) is 26.0. The van der Waals surface area contributed by atoms with E-state index in [4.69, 9.17) is 21.1 Å². The van der Waals surface area contributed by atoms with Gasteiger partial charge in [-0.2, -0.15) is 13.2 Å². The van der Waals surface area contributed by atoms with Crippen LogP contribution in [0.3, 0.4) is 0 Å². The van der Waals surface area contributed by atoms with Gasteiger partial charge in [0.05, 0.1) is 25.3 Å². The maximum Gasteiger partial charge on any atom is 0.420 e. The summed E-state index contributed by atoms with van der Waals surface area (Å²) in [5.74, 6) is -0.0192. The SMILES string of the molecule is CCc1cc(N2CC3N(C(=O)OC(C)(C)C)C4COCC432)ccc1Nc1ncc(C(F)(F)F)c(Cl)n1. The van der Waals surface area contributed by atoms with Crippen LogP contribution in [0.15, 0.2) is 24.4 Å². The van der Waals surface area contributed by atoms with Crippen molar-refractivity contribution in [1.29, 1.82) is 0 Å². The average molecular weight is 526 g/mol. The Balaban J connectivity index is 1.34. The number of nitrogens with one attached hydrogen (secondary N) is 1. The topological polar surface area (TPSA) is 79.8 Å². The van der Waals surface area contributed by atoms with Gasteiger partial charge in [-0.3, -0.25) is 4.90 Å². The first-order valence-electron chi connectivity index (χ1n) is 11.7. The van der Waals surface area contributed by atoms with Crippen molar-refractivity contribution in [3.8, 4) is 0 Å². The second-order valence-corrected chi connectivity index (χ2v) is 10.6. The molecule has 0 saturated carbocycles. The summed E-state index contributed by atoms with van der Waals surface area (Å²) in [7, 11) is 0. The number of carbonyl (C=O) groups excluding carboxylic acids is 1. The molecule has 3 atom stereocenters. The third kappa shape index (κ3) is 3.92. The van der Waals surface area contributed by atoms with Crippen molar-refractivity contribution in [1.82, 2.24) is 14.9 Å². The highest BCUT2D eigenvalue weighted by Crippen LogP contribution is 2.54. The minimum absolute atomic E-state index is 0.0189. The number of alkyl halides is 3. The molecule has 3 aliphatic rings. The van der Waals surface area contributed by atoms with E-state index in [1.54, 1.807) is 4.90 Å². The van der Waals surface area contributed by atoms with Crippen molar-refractivity contribution in [3.63, 3.8) is 0 Å². The van der Waals surface area contributed by atoms with Gasteiger partial charge in [-0.15, -0.1) is 0 Å². The van der Waals surface area contributed by atoms with Crippen LogP contribution >= 0.6 is 11.6 Å². The highest BCUT2D eigenvalue weighted by atomic mass is 35.5. The molecule has 3 unspecified atom stereocenters. The van der Waals surface area contributed by atoms with Gasteiger partial charge in [-0.1, -0.05) is 18.5 Å². The molecule has 1 spiro atoms. The summed E-state index contributed by atoms with van der Waals surface area (Å²) >= 11 is 5.74. The van der Waals surface area contributed by atoms with E-state index in [1.807, 2.05) is 45.9 Å². The number of anilines is 3. The first kappa shape index (κ1) is 24.9. The number of rotatable bonds is 4. The van der Waals surface area contributed by atoms with Crippen LogP contribution in [0.5, 0.6) is 0 Å². The molecule has 4 heterocycles. The summed E-state index contributed by atoms with van der Waals surface area (Å²) < 4.78 is 50.3. The van der Waals surface area contributed by atoms with E-state index in [0.29, 0.717) is 38.1 Å². The van der Waals surface area contributed by atoms with Crippen LogP contribution in [0.4, 0.5) is 35.3 Å². The van der Waals surface area contributed by atoms with Gasteiger partial charge in [0, 0.05) is 24.1 Å². The van der Waals surface area contributed by atoms with Gasteiger partial charge in [-0.05, 0) is 51.0 Å². The Morgan fingerprint density at radius 2 is 2.06 bits per heavy atom. The number of hydrogen-bond acceptors (Lipinski definition) is 7. The highest BCUT2D eigenvalue weighted by Gasteiger charge is 2.75. The molecule has 3 fully saturated rings. The third-order valence-corrected chi connectivity index (χ3v) is 7.26. The fraction of sp³-hybridized carbons (Fsp3) is 0.542. The lowest BCUT2D eigenvalue weighted by Gasteiger charge is -2.72. The molecule has 0 radical (unpaired) electrons. The number of likely N-dealkylation sites (tertiary alicyclic amines) is 1. The van der Waals surface area contributed by atoms with Gasteiger partial charge in [0.2, 0.25) is 5.95 Å². The lowest BCUT2D eigenvalue weighted by molar-refractivity contribution is -0.137. The summed E-state index contributed by atoms with van der Waals surface area (Å²) in [6.07, 6.45) is -3.60. The van der Waals surface area contributed by atoms with E-state index in [2.05, 4.69) is 20.2 Å². The fourth-order valence-corrected chi connectivity index (χ4v) is 5.55. The van der Waals surface area contributed by atoms with Crippen LogP contribution in [0.1, 0.15) is 38.8 Å². The molecule has 12 heteroatoms. The molecule has 5 rings (SSSR count).